The second-order valence-electron chi connectivity index (χ2n) is 3.85. The second-order valence-corrected chi connectivity index (χ2v) is 5.04. The van der Waals surface area contributed by atoms with E-state index in [1.165, 1.54) is 6.08 Å². The third-order valence-electron chi connectivity index (χ3n) is 2.42. The van der Waals surface area contributed by atoms with Crippen molar-refractivity contribution in [1.29, 1.82) is 0 Å². The number of nitrogens with zero attached hydrogens (tertiary/aromatic N) is 1. The summed E-state index contributed by atoms with van der Waals surface area (Å²) < 4.78 is 0. The van der Waals surface area contributed by atoms with Crippen molar-refractivity contribution in [3.63, 3.8) is 0 Å². The molecule has 0 fully saturated rings. The van der Waals surface area contributed by atoms with E-state index in [0.29, 0.717) is 6.61 Å². The van der Waals surface area contributed by atoms with E-state index >= 15 is 0 Å². The summed E-state index contributed by atoms with van der Waals surface area (Å²) in [5.41, 5.74) is 0.0651. The van der Waals surface area contributed by atoms with Gasteiger partial charge in [0, 0.05) is 25.9 Å². The molecule has 1 amide bonds. The number of nitrogens with one attached hydrogen (secondary N) is 1. The van der Waals surface area contributed by atoms with Gasteiger partial charge in [-0.3, -0.25) is 4.79 Å². The van der Waals surface area contributed by atoms with Crippen LogP contribution in [0.5, 0.6) is 0 Å². The molecule has 2 N–H and O–H groups in total. The zero-order valence-electron chi connectivity index (χ0n) is 9.69. The zero-order chi connectivity index (χ0) is 11.8. The van der Waals surface area contributed by atoms with Crippen LogP contribution in [0.15, 0.2) is 12.3 Å². The van der Waals surface area contributed by atoms with Crippen LogP contribution in [0.3, 0.4) is 0 Å². The van der Waals surface area contributed by atoms with Crippen molar-refractivity contribution < 1.29 is 9.90 Å². The van der Waals surface area contributed by atoms with Gasteiger partial charge >= 0.3 is 0 Å². The molecule has 1 unspecified atom stereocenters. The average molecular weight is 244 g/mol. The molecule has 4 nitrogen and oxygen atoms in total. The molecular weight excluding hydrogens is 224 g/mol. The Hall–Kier alpha value is -0.680. The lowest BCUT2D eigenvalue weighted by Crippen LogP contribution is -2.44. The predicted octanol–water partition coefficient (Wildman–Crippen LogP) is 1.13. The smallest absolute Gasteiger partial charge is 0.247 e. The van der Waals surface area contributed by atoms with Crippen LogP contribution in [0.1, 0.15) is 25.7 Å². The SMILES string of the molecule is CN1C=CC(=O)NC1SCCCCCCO. The van der Waals surface area contributed by atoms with Gasteiger partial charge in [-0.25, -0.2) is 0 Å². The molecule has 0 spiro atoms. The minimum Gasteiger partial charge on any atom is -0.396 e. The van der Waals surface area contributed by atoms with E-state index < -0.39 is 0 Å². The van der Waals surface area contributed by atoms with Gasteiger partial charge in [0.1, 0.15) is 5.50 Å². The minimum absolute atomic E-state index is 0.0177. The summed E-state index contributed by atoms with van der Waals surface area (Å²) in [7, 11) is 1.96. The Morgan fingerprint density at radius 3 is 2.94 bits per heavy atom. The molecule has 5 heteroatoms. The number of carbonyl (C=O) groups excluding carboxylic acids is 1. The maximum atomic E-state index is 11.1. The maximum absolute atomic E-state index is 11.1. The Morgan fingerprint density at radius 2 is 2.19 bits per heavy atom. The van der Waals surface area contributed by atoms with Gasteiger partial charge in [-0.1, -0.05) is 12.8 Å². The van der Waals surface area contributed by atoms with Crippen molar-refractivity contribution in [2.24, 2.45) is 0 Å². The van der Waals surface area contributed by atoms with Gasteiger partial charge < -0.3 is 15.3 Å². The summed E-state index contributed by atoms with van der Waals surface area (Å²) in [5.74, 6) is 1.02. The molecule has 1 rings (SSSR count). The fourth-order valence-corrected chi connectivity index (χ4v) is 2.56. The van der Waals surface area contributed by atoms with Crippen LogP contribution in [0, 0.1) is 0 Å². The molecule has 0 bridgehead atoms. The summed E-state index contributed by atoms with van der Waals surface area (Å²) in [6.07, 6.45) is 7.61. The summed E-state index contributed by atoms with van der Waals surface area (Å²) in [6, 6.07) is 0. The van der Waals surface area contributed by atoms with Crippen LogP contribution in [0.2, 0.25) is 0 Å². The molecule has 0 saturated carbocycles. The van der Waals surface area contributed by atoms with Crippen molar-refractivity contribution in [3.8, 4) is 0 Å². The minimum atomic E-state index is -0.0177. The molecule has 1 aliphatic heterocycles. The number of rotatable bonds is 7. The first kappa shape index (κ1) is 13.4. The largest absolute Gasteiger partial charge is 0.396 e. The predicted molar refractivity (Wildman–Crippen MR) is 66.8 cm³/mol. The molecule has 0 aliphatic carbocycles. The van der Waals surface area contributed by atoms with Gasteiger partial charge in [0.15, 0.2) is 0 Å². The Labute approximate surface area is 101 Å². The van der Waals surface area contributed by atoms with E-state index in [1.807, 2.05) is 18.1 Å². The van der Waals surface area contributed by atoms with Gasteiger partial charge in [-0.05, 0) is 18.6 Å². The zero-order valence-corrected chi connectivity index (χ0v) is 10.5. The number of thioether (sulfide) groups is 1. The average Bonchev–Trinajstić information content (AvgIpc) is 2.28. The molecule has 16 heavy (non-hydrogen) atoms. The summed E-state index contributed by atoms with van der Waals surface area (Å²) in [5, 5.41) is 11.5. The molecule has 0 aromatic rings. The molecule has 1 aliphatic rings. The third-order valence-corrected chi connectivity index (χ3v) is 3.72. The van der Waals surface area contributed by atoms with Gasteiger partial charge in [0.05, 0.1) is 0 Å². The molecule has 0 aromatic carbocycles. The van der Waals surface area contributed by atoms with Crippen molar-refractivity contribution in [1.82, 2.24) is 10.2 Å². The standard InChI is InChI=1S/C11H20N2O2S/c1-13-7-6-10(15)12-11(13)16-9-5-3-2-4-8-14/h6-7,11,14H,2-5,8-9H2,1H3,(H,12,15). The highest BCUT2D eigenvalue weighted by atomic mass is 32.2. The quantitative estimate of drug-likeness (QED) is 0.659. The highest BCUT2D eigenvalue weighted by Crippen LogP contribution is 2.17. The molecular formula is C11H20N2O2S. The molecule has 92 valence electrons. The number of carbonyl (C=O) groups is 1. The van der Waals surface area contributed by atoms with Gasteiger partial charge in [0.2, 0.25) is 5.91 Å². The first-order chi connectivity index (χ1) is 7.74. The van der Waals surface area contributed by atoms with Crippen molar-refractivity contribution >= 4 is 17.7 Å². The monoisotopic (exact) mass is 244 g/mol. The molecule has 0 saturated heterocycles. The lowest BCUT2D eigenvalue weighted by molar-refractivity contribution is -0.117. The second kappa shape index (κ2) is 7.57. The Balaban J connectivity index is 2.08. The number of hydrogen-bond donors (Lipinski definition) is 2. The van der Waals surface area contributed by atoms with E-state index in [1.54, 1.807) is 11.8 Å². The Kier molecular flexibility index (Phi) is 6.33. The Bertz CT molecular complexity index is 246. The highest BCUT2D eigenvalue weighted by Gasteiger charge is 2.17. The van der Waals surface area contributed by atoms with Crippen LogP contribution in [-0.2, 0) is 4.79 Å². The maximum Gasteiger partial charge on any atom is 0.247 e. The number of hydrogen-bond acceptors (Lipinski definition) is 4. The highest BCUT2D eigenvalue weighted by molar-refractivity contribution is 7.99. The van der Waals surface area contributed by atoms with Gasteiger partial charge in [-0.15, -0.1) is 11.8 Å². The van der Waals surface area contributed by atoms with E-state index in [0.717, 1.165) is 31.4 Å². The number of aliphatic hydroxyl groups excluding tert-OH is 1. The molecule has 1 atom stereocenters. The van der Waals surface area contributed by atoms with Crippen molar-refractivity contribution in [2.45, 2.75) is 31.2 Å². The first-order valence-corrected chi connectivity index (χ1v) is 6.72. The van der Waals surface area contributed by atoms with Crippen LogP contribution in [0.25, 0.3) is 0 Å². The number of aliphatic hydroxyl groups is 1. The van der Waals surface area contributed by atoms with Crippen LogP contribution < -0.4 is 5.32 Å². The summed E-state index contributed by atoms with van der Waals surface area (Å²) >= 11 is 1.75. The number of amides is 1. The van der Waals surface area contributed by atoms with E-state index in [-0.39, 0.29) is 11.4 Å². The molecule has 1 heterocycles. The van der Waals surface area contributed by atoms with Crippen molar-refractivity contribution in [3.05, 3.63) is 12.3 Å². The van der Waals surface area contributed by atoms with E-state index in [2.05, 4.69) is 5.32 Å². The number of unbranched alkanes of at least 4 members (excludes halogenated alkanes) is 3. The topological polar surface area (TPSA) is 52.6 Å². The normalized spacial score (nSPS) is 20.0. The Morgan fingerprint density at radius 1 is 1.44 bits per heavy atom. The molecule has 0 radical (unpaired) electrons. The summed E-state index contributed by atoms with van der Waals surface area (Å²) in [4.78, 5) is 13.1. The third kappa shape index (κ3) is 4.90. The van der Waals surface area contributed by atoms with Gasteiger partial charge in [0.25, 0.3) is 0 Å². The van der Waals surface area contributed by atoms with E-state index in [9.17, 15) is 4.79 Å². The molecule has 0 aromatic heterocycles. The first-order valence-electron chi connectivity index (χ1n) is 5.67. The van der Waals surface area contributed by atoms with Gasteiger partial charge in [-0.2, -0.15) is 0 Å². The lowest BCUT2D eigenvalue weighted by atomic mass is 10.2. The summed E-state index contributed by atoms with van der Waals surface area (Å²) in [6.45, 7) is 0.291. The lowest BCUT2D eigenvalue weighted by Gasteiger charge is -2.29. The van der Waals surface area contributed by atoms with Crippen molar-refractivity contribution in [2.75, 3.05) is 19.4 Å². The van der Waals surface area contributed by atoms with Crippen LogP contribution in [0.4, 0.5) is 0 Å². The fourth-order valence-electron chi connectivity index (χ4n) is 1.46. The van der Waals surface area contributed by atoms with Crippen LogP contribution in [-0.4, -0.2) is 40.8 Å². The fraction of sp³-hybridized carbons (Fsp3) is 0.727. The van der Waals surface area contributed by atoms with Crippen LogP contribution >= 0.6 is 11.8 Å². The van der Waals surface area contributed by atoms with E-state index in [4.69, 9.17) is 5.11 Å².